The highest BCUT2D eigenvalue weighted by Crippen LogP contribution is 2.40. The first kappa shape index (κ1) is 19.6. The molecule has 1 aliphatic carbocycles. The third-order valence-corrected chi connectivity index (χ3v) is 7.29. The first-order valence-corrected chi connectivity index (χ1v) is 11.2. The van der Waals surface area contributed by atoms with Gasteiger partial charge in [-0.1, -0.05) is 18.2 Å². The second kappa shape index (κ2) is 8.38. The van der Waals surface area contributed by atoms with Gasteiger partial charge in [0.25, 0.3) is 0 Å². The number of aromatic nitrogens is 2. The highest BCUT2D eigenvalue weighted by atomic mass is 19.1. The number of fused-ring (bicyclic) bond motifs is 1. The Labute approximate surface area is 177 Å². The molecule has 0 amide bonds. The molecule has 5 heteroatoms. The fraction of sp³-hybridized carbons (Fsp3) is 0.480. The Bertz CT molecular complexity index is 1000. The maximum Gasteiger partial charge on any atom is 0.142 e. The Hall–Kier alpha value is -2.40. The predicted molar refractivity (Wildman–Crippen MR) is 118 cm³/mol. The number of halogens is 1. The van der Waals surface area contributed by atoms with E-state index in [1.807, 2.05) is 12.3 Å². The van der Waals surface area contributed by atoms with Crippen LogP contribution in [0.4, 0.5) is 4.39 Å². The van der Waals surface area contributed by atoms with Crippen LogP contribution in [0.25, 0.3) is 11.0 Å². The summed E-state index contributed by atoms with van der Waals surface area (Å²) in [5.41, 5.74) is 3.40. The van der Waals surface area contributed by atoms with Crippen molar-refractivity contribution in [2.24, 2.45) is 0 Å². The number of hydrogen-bond acceptors (Lipinski definition) is 3. The number of para-hydroxylation sites is 1. The first-order valence-electron chi connectivity index (χ1n) is 11.2. The summed E-state index contributed by atoms with van der Waals surface area (Å²) in [7, 11) is 1.77. The minimum Gasteiger partial charge on any atom is -0.496 e. The van der Waals surface area contributed by atoms with Crippen LogP contribution in [0.1, 0.15) is 61.5 Å². The number of ether oxygens (including phenoxy) is 1. The number of likely N-dealkylation sites (tertiary alicyclic amines) is 1. The standard InChI is InChI=1S/C25H30FN3O/c1-30-24-5-3-2-4-21(24)18-10-12-29(13-11-18)20-8-6-17(7-9-20)23-16-28-25-22(23)14-19(26)15-27-25/h2-5,14-18,20H,6-13H2,1H3,(H,27,28). The highest BCUT2D eigenvalue weighted by Gasteiger charge is 2.31. The number of aromatic amines is 1. The van der Waals surface area contributed by atoms with E-state index < -0.39 is 0 Å². The number of piperidine rings is 1. The fourth-order valence-electron chi connectivity index (χ4n) is 5.67. The first-order chi connectivity index (χ1) is 14.7. The van der Waals surface area contributed by atoms with Crippen LogP contribution in [0.5, 0.6) is 5.75 Å². The lowest BCUT2D eigenvalue weighted by molar-refractivity contribution is 0.116. The number of nitrogens with zero attached hydrogens (tertiary/aromatic N) is 2. The zero-order chi connectivity index (χ0) is 20.5. The topological polar surface area (TPSA) is 41.1 Å². The van der Waals surface area contributed by atoms with Gasteiger partial charge in [-0.15, -0.1) is 0 Å². The van der Waals surface area contributed by atoms with Crippen LogP contribution in [-0.2, 0) is 0 Å². The molecule has 4 nitrogen and oxygen atoms in total. The number of hydrogen-bond donors (Lipinski definition) is 1. The minimum atomic E-state index is -0.255. The van der Waals surface area contributed by atoms with Gasteiger partial charge in [-0.3, -0.25) is 0 Å². The molecular weight excluding hydrogens is 377 g/mol. The molecule has 3 aromatic rings. The van der Waals surface area contributed by atoms with E-state index in [-0.39, 0.29) is 5.82 Å². The normalized spacial score (nSPS) is 23.7. The van der Waals surface area contributed by atoms with E-state index in [4.69, 9.17) is 4.74 Å². The summed E-state index contributed by atoms with van der Waals surface area (Å²) in [5.74, 6) is 1.88. The van der Waals surface area contributed by atoms with Crippen molar-refractivity contribution in [2.75, 3.05) is 20.2 Å². The number of methoxy groups -OCH3 is 1. The molecule has 2 aromatic heterocycles. The Morgan fingerprint density at radius 1 is 1.00 bits per heavy atom. The van der Waals surface area contributed by atoms with Crippen molar-refractivity contribution >= 4 is 11.0 Å². The van der Waals surface area contributed by atoms with E-state index in [0.29, 0.717) is 17.9 Å². The molecule has 2 aliphatic rings. The van der Waals surface area contributed by atoms with Crippen molar-refractivity contribution < 1.29 is 9.13 Å². The van der Waals surface area contributed by atoms with E-state index in [2.05, 4.69) is 33.1 Å². The van der Waals surface area contributed by atoms with Crippen LogP contribution in [0.15, 0.2) is 42.7 Å². The molecule has 1 saturated heterocycles. The molecule has 1 aliphatic heterocycles. The molecule has 0 unspecified atom stereocenters. The summed E-state index contributed by atoms with van der Waals surface area (Å²) in [4.78, 5) is 10.1. The molecule has 1 aromatic carbocycles. The average molecular weight is 408 g/mol. The number of pyridine rings is 1. The quantitative estimate of drug-likeness (QED) is 0.611. The largest absolute Gasteiger partial charge is 0.496 e. The van der Waals surface area contributed by atoms with Gasteiger partial charge in [-0.05, 0) is 86.7 Å². The molecule has 0 radical (unpaired) electrons. The second-order valence-electron chi connectivity index (χ2n) is 8.85. The lowest BCUT2D eigenvalue weighted by Crippen LogP contribution is -2.42. The molecule has 3 heterocycles. The van der Waals surface area contributed by atoms with Gasteiger partial charge < -0.3 is 14.6 Å². The predicted octanol–water partition coefficient (Wildman–Crippen LogP) is 5.62. The second-order valence-corrected chi connectivity index (χ2v) is 8.85. The van der Waals surface area contributed by atoms with E-state index in [1.165, 1.54) is 68.9 Å². The Kier molecular flexibility index (Phi) is 5.47. The highest BCUT2D eigenvalue weighted by molar-refractivity contribution is 5.80. The molecule has 2 fully saturated rings. The van der Waals surface area contributed by atoms with Crippen molar-refractivity contribution in [2.45, 2.75) is 56.4 Å². The van der Waals surface area contributed by atoms with Gasteiger partial charge in [-0.25, -0.2) is 9.37 Å². The van der Waals surface area contributed by atoms with Crippen LogP contribution < -0.4 is 4.74 Å². The van der Waals surface area contributed by atoms with Crippen LogP contribution in [0, 0.1) is 5.82 Å². The molecule has 1 saturated carbocycles. The van der Waals surface area contributed by atoms with Gasteiger partial charge in [0, 0.05) is 17.6 Å². The zero-order valence-electron chi connectivity index (χ0n) is 17.6. The maximum absolute atomic E-state index is 13.7. The van der Waals surface area contributed by atoms with Crippen molar-refractivity contribution in [1.29, 1.82) is 0 Å². The van der Waals surface area contributed by atoms with Crippen molar-refractivity contribution in [1.82, 2.24) is 14.9 Å². The lowest BCUT2D eigenvalue weighted by atomic mass is 9.80. The molecule has 158 valence electrons. The van der Waals surface area contributed by atoms with Crippen LogP contribution in [0.2, 0.25) is 0 Å². The summed E-state index contributed by atoms with van der Waals surface area (Å²) in [6.07, 6.45) is 10.5. The number of H-pyrrole nitrogens is 1. The Morgan fingerprint density at radius 2 is 1.73 bits per heavy atom. The molecule has 5 rings (SSSR count). The number of nitrogens with one attached hydrogen (secondary N) is 1. The molecule has 0 atom stereocenters. The summed E-state index contributed by atoms with van der Waals surface area (Å²) in [6.45, 7) is 2.33. The molecule has 1 N–H and O–H groups in total. The van der Waals surface area contributed by atoms with Gasteiger partial charge >= 0.3 is 0 Å². The van der Waals surface area contributed by atoms with Gasteiger partial charge in [0.2, 0.25) is 0 Å². The van der Waals surface area contributed by atoms with E-state index in [9.17, 15) is 4.39 Å². The minimum absolute atomic E-state index is 0.255. The summed E-state index contributed by atoms with van der Waals surface area (Å²) < 4.78 is 19.3. The number of rotatable bonds is 4. The fourth-order valence-corrected chi connectivity index (χ4v) is 5.67. The molecular formula is C25H30FN3O. The molecule has 0 spiro atoms. The Balaban J connectivity index is 1.19. The Morgan fingerprint density at radius 3 is 2.50 bits per heavy atom. The van der Waals surface area contributed by atoms with E-state index in [1.54, 1.807) is 13.2 Å². The van der Waals surface area contributed by atoms with Crippen LogP contribution >= 0.6 is 0 Å². The molecule has 30 heavy (non-hydrogen) atoms. The summed E-state index contributed by atoms with van der Waals surface area (Å²) in [5, 5.41) is 0.955. The third-order valence-electron chi connectivity index (χ3n) is 7.29. The molecule has 0 bridgehead atoms. The van der Waals surface area contributed by atoms with Gasteiger partial charge in [0.05, 0.1) is 13.3 Å². The van der Waals surface area contributed by atoms with E-state index >= 15 is 0 Å². The van der Waals surface area contributed by atoms with Crippen molar-refractivity contribution in [3.63, 3.8) is 0 Å². The average Bonchev–Trinajstić information content (AvgIpc) is 3.22. The van der Waals surface area contributed by atoms with Gasteiger partial charge in [0.1, 0.15) is 17.2 Å². The van der Waals surface area contributed by atoms with E-state index in [0.717, 1.165) is 16.8 Å². The SMILES string of the molecule is COc1ccccc1C1CCN(C2CCC(c3c[nH]c4ncc(F)cc34)CC2)CC1. The van der Waals surface area contributed by atoms with Gasteiger partial charge in [0.15, 0.2) is 0 Å². The number of benzene rings is 1. The third kappa shape index (κ3) is 3.71. The monoisotopic (exact) mass is 407 g/mol. The smallest absolute Gasteiger partial charge is 0.142 e. The lowest BCUT2D eigenvalue weighted by Gasteiger charge is -2.41. The summed E-state index contributed by atoms with van der Waals surface area (Å²) >= 11 is 0. The van der Waals surface area contributed by atoms with Crippen molar-refractivity contribution in [3.05, 3.63) is 59.7 Å². The zero-order valence-corrected chi connectivity index (χ0v) is 17.6. The van der Waals surface area contributed by atoms with Crippen LogP contribution in [0.3, 0.4) is 0 Å². The maximum atomic E-state index is 13.7. The van der Waals surface area contributed by atoms with Crippen LogP contribution in [-0.4, -0.2) is 41.1 Å². The van der Waals surface area contributed by atoms with Gasteiger partial charge in [-0.2, -0.15) is 0 Å². The summed E-state index contributed by atoms with van der Waals surface area (Å²) in [6, 6.07) is 10.8. The van der Waals surface area contributed by atoms with Crippen molar-refractivity contribution in [3.8, 4) is 5.75 Å².